The smallest absolute Gasteiger partial charge is 0.329 e. The maximum Gasteiger partial charge on any atom is 0.329 e. The zero-order valence-electron chi connectivity index (χ0n) is 30.7. The maximum absolute atomic E-state index is 13.5. The number of phenolic OH excluding ortho intramolecular Hbond substituents is 1. The number of aliphatic carboxylic acids is 1. The minimum atomic E-state index is -1.92. The van der Waals surface area contributed by atoms with Crippen LogP contribution in [0.4, 0.5) is 0 Å². The van der Waals surface area contributed by atoms with Gasteiger partial charge in [-0.3, -0.25) is 10.1 Å². The second-order valence-electron chi connectivity index (χ2n) is 13.9. The molecule has 5 N–H and O–H groups in total. The number of carboxylic acids is 1. The number of nitrogens with zero attached hydrogens (tertiary/aromatic N) is 1. The van der Waals surface area contributed by atoms with Crippen molar-refractivity contribution in [2.75, 3.05) is 19.7 Å². The molecule has 16 heteroatoms. The summed E-state index contributed by atoms with van der Waals surface area (Å²) >= 11 is 0. The van der Waals surface area contributed by atoms with Crippen LogP contribution in [0.2, 0.25) is 0 Å². The molecule has 1 aromatic heterocycles. The van der Waals surface area contributed by atoms with Gasteiger partial charge in [0, 0.05) is 36.4 Å². The fourth-order valence-corrected chi connectivity index (χ4v) is 7.02. The van der Waals surface area contributed by atoms with Crippen LogP contribution in [-0.2, 0) is 28.7 Å². The van der Waals surface area contributed by atoms with E-state index < -0.39 is 55.3 Å². The number of allylic oxidation sites excluding steroid dienone is 1. The summed E-state index contributed by atoms with van der Waals surface area (Å²) in [6, 6.07) is 14.6. The first kappa shape index (κ1) is 39.2. The minimum absolute atomic E-state index is 0.0405. The largest absolute Gasteiger partial charge is 0.548 e. The van der Waals surface area contributed by atoms with Crippen LogP contribution in [0.15, 0.2) is 98.5 Å². The monoisotopic (exact) mass is 781 g/mol. The highest BCUT2D eigenvalue weighted by molar-refractivity contribution is 5.97. The summed E-state index contributed by atoms with van der Waals surface area (Å²) < 4.78 is 23.4. The Morgan fingerprint density at radius 1 is 1.05 bits per heavy atom. The molecule has 7 rings (SSSR count). The van der Waals surface area contributed by atoms with Gasteiger partial charge < -0.3 is 48.6 Å². The number of nitrogens with one attached hydrogen (secondary N) is 2. The van der Waals surface area contributed by atoms with E-state index in [4.69, 9.17) is 23.5 Å². The molecule has 7 atom stereocenters. The molecule has 1 fully saturated rings. The van der Waals surface area contributed by atoms with Gasteiger partial charge in [-0.25, -0.2) is 9.79 Å². The number of aliphatic hydroxyl groups is 2. The summed E-state index contributed by atoms with van der Waals surface area (Å²) in [7, 11) is 0. The lowest BCUT2D eigenvalue weighted by Crippen LogP contribution is -3.08. The average Bonchev–Trinajstić information content (AvgIpc) is 3.77. The van der Waals surface area contributed by atoms with E-state index in [-0.39, 0.29) is 46.4 Å². The summed E-state index contributed by atoms with van der Waals surface area (Å²) in [5.74, 6) is -2.91. The van der Waals surface area contributed by atoms with Crippen molar-refractivity contribution in [3.8, 4) is 22.6 Å². The molecule has 0 radical (unpaired) electrons. The third kappa shape index (κ3) is 8.27. The Hall–Kier alpha value is -6.01. The number of hydrogen-bond acceptors (Lipinski definition) is 15. The van der Waals surface area contributed by atoms with Crippen LogP contribution in [0.25, 0.3) is 27.8 Å². The molecule has 0 spiro atoms. The van der Waals surface area contributed by atoms with Gasteiger partial charge >= 0.3 is 5.97 Å². The van der Waals surface area contributed by atoms with E-state index in [0.717, 1.165) is 22.3 Å². The highest BCUT2D eigenvalue weighted by atomic mass is 16.8. The Kier molecular flexibility index (Phi) is 11.4. The number of ether oxygens (including phenoxy) is 3. The van der Waals surface area contributed by atoms with E-state index in [9.17, 15) is 39.6 Å². The van der Waals surface area contributed by atoms with Crippen molar-refractivity contribution in [3.63, 3.8) is 0 Å². The van der Waals surface area contributed by atoms with Crippen LogP contribution in [0.3, 0.4) is 0 Å². The van der Waals surface area contributed by atoms with Crippen LogP contribution in [0.5, 0.6) is 11.5 Å². The Balaban J connectivity index is 1.18. The van der Waals surface area contributed by atoms with Gasteiger partial charge in [0.25, 0.3) is 0 Å². The van der Waals surface area contributed by atoms with Crippen LogP contribution in [0.1, 0.15) is 23.1 Å². The topological polar surface area (TPSA) is 231 Å². The zero-order valence-corrected chi connectivity index (χ0v) is 30.7. The molecule has 4 aromatic rings. The molecule has 0 bridgehead atoms. The molecule has 4 heterocycles. The zero-order chi connectivity index (χ0) is 40.4. The van der Waals surface area contributed by atoms with Crippen LogP contribution in [-0.4, -0.2) is 96.2 Å². The number of aryl methyl sites for hydroxylation is 2. The van der Waals surface area contributed by atoms with Gasteiger partial charge in [-0.2, -0.15) is 9.90 Å². The quantitative estimate of drug-likeness (QED) is 0.0492. The summed E-state index contributed by atoms with van der Waals surface area (Å²) in [5.41, 5.74) is 5.71. The number of aromatic hydroxyl groups is 1. The van der Waals surface area contributed by atoms with Crippen molar-refractivity contribution in [3.05, 3.63) is 111 Å². The molecule has 0 amide bonds. The first-order chi connectivity index (χ1) is 27.4. The van der Waals surface area contributed by atoms with E-state index in [1.165, 1.54) is 36.6 Å². The van der Waals surface area contributed by atoms with Crippen LogP contribution < -0.4 is 25.7 Å². The second-order valence-corrected chi connectivity index (χ2v) is 13.9. The SMILES string of the molecule is Cc1cc(C)cc(C2=C3N=CC=C3C[NH+]2O[C@H]2[C@@H](Oc3ccc4c(=O)c(-c5ccc(O)cc5)coc4c3)O[C@@H](COC(=O)[C@H](NCCC=O)C(=O)[O-])[C@H](O)[C@H]2O)c1. The van der Waals surface area contributed by atoms with Gasteiger partial charge in [-0.1, -0.05) is 29.3 Å². The van der Waals surface area contributed by atoms with Crippen molar-refractivity contribution in [2.45, 2.75) is 57.0 Å². The Bertz CT molecular complexity index is 2330. The lowest BCUT2D eigenvalue weighted by molar-refractivity contribution is -1.04. The van der Waals surface area contributed by atoms with Crippen molar-refractivity contribution < 1.29 is 63.3 Å². The van der Waals surface area contributed by atoms with E-state index in [2.05, 4.69) is 10.3 Å². The van der Waals surface area contributed by atoms with E-state index in [0.29, 0.717) is 34.9 Å². The highest BCUT2D eigenvalue weighted by Crippen LogP contribution is 2.32. The molecule has 1 saturated heterocycles. The standard InChI is InChI=1S/C41H39N3O13/c1-21-14-22(2)16-25(15-21)34-32-24(10-12-43-32)18-44(34)57-38-37(49)36(48)31(20-54-40(52)33(39(50)51)42-11-3-13-45)56-41(38)55-27-8-9-28-30(17-27)53-19-29(35(28)47)23-4-6-26(46)7-5-23/h4-10,12-17,19,31,33,36-38,41-42,46,48-49H,3,11,18,20H2,1-2H3,(H,50,51)/t31-,33+,36-,37+,38+,41-/m0/s1. The number of quaternary nitrogens is 1. The van der Waals surface area contributed by atoms with Crippen LogP contribution in [0, 0.1) is 13.8 Å². The first-order valence-corrected chi connectivity index (χ1v) is 18.1. The number of benzene rings is 3. The predicted molar refractivity (Wildman–Crippen MR) is 199 cm³/mol. The lowest BCUT2D eigenvalue weighted by atomic mass is 9.99. The third-order valence-electron chi connectivity index (χ3n) is 9.73. The van der Waals surface area contributed by atoms with E-state index in [1.807, 2.05) is 38.1 Å². The molecular weight excluding hydrogens is 742 g/mol. The van der Waals surface area contributed by atoms with Crippen molar-refractivity contribution in [2.24, 2.45) is 4.99 Å². The van der Waals surface area contributed by atoms with Gasteiger partial charge in [-0.15, -0.1) is 0 Å². The number of hydroxylamine groups is 2. The number of carboxylic acid groups (broad SMARTS) is 1. The molecule has 0 saturated carbocycles. The number of aliphatic hydroxyl groups excluding tert-OH is 2. The number of esters is 1. The molecule has 3 aromatic carbocycles. The van der Waals surface area contributed by atoms with Gasteiger partial charge in [0.05, 0.1) is 16.9 Å². The third-order valence-corrected chi connectivity index (χ3v) is 9.73. The molecule has 296 valence electrons. The summed E-state index contributed by atoms with van der Waals surface area (Å²) in [6.45, 7) is 3.38. The highest BCUT2D eigenvalue weighted by Gasteiger charge is 2.51. The fraction of sp³-hybridized carbons (Fsp3) is 0.293. The summed E-state index contributed by atoms with van der Waals surface area (Å²) in [5, 5.41) is 47.3. The van der Waals surface area contributed by atoms with Crippen molar-refractivity contribution in [1.29, 1.82) is 0 Å². The normalized spacial score (nSPS) is 23.3. The fourth-order valence-electron chi connectivity index (χ4n) is 7.02. The molecule has 3 aliphatic rings. The number of aldehydes is 1. The maximum atomic E-state index is 13.5. The average molecular weight is 782 g/mol. The molecule has 3 aliphatic heterocycles. The summed E-state index contributed by atoms with van der Waals surface area (Å²) in [4.78, 5) is 59.7. The molecule has 16 nitrogen and oxygen atoms in total. The molecule has 57 heavy (non-hydrogen) atoms. The number of hydrogen-bond donors (Lipinski definition) is 5. The molecule has 1 unspecified atom stereocenters. The number of phenols is 1. The second kappa shape index (κ2) is 16.6. The number of aliphatic imine (C=N–C) groups is 1. The predicted octanol–water partition coefficient (Wildman–Crippen LogP) is 0.0265. The number of fused-ring (bicyclic) bond motifs is 2. The Morgan fingerprint density at radius 3 is 2.53 bits per heavy atom. The Morgan fingerprint density at radius 2 is 1.81 bits per heavy atom. The first-order valence-electron chi connectivity index (χ1n) is 18.1. The number of carbonyl (C=O) groups is 3. The van der Waals surface area contributed by atoms with E-state index >= 15 is 0 Å². The summed E-state index contributed by atoms with van der Waals surface area (Å²) in [6.07, 6.45) is -2.47. The minimum Gasteiger partial charge on any atom is -0.548 e. The van der Waals surface area contributed by atoms with Crippen LogP contribution >= 0.6 is 0 Å². The lowest BCUT2D eigenvalue weighted by Gasteiger charge is -2.41. The number of rotatable bonds is 14. The van der Waals surface area contributed by atoms with Gasteiger partial charge in [0.1, 0.15) is 72.8 Å². The molecule has 0 aliphatic carbocycles. The van der Waals surface area contributed by atoms with Gasteiger partial charge in [0.2, 0.25) is 12.4 Å². The Labute approximate surface area is 324 Å². The van der Waals surface area contributed by atoms with E-state index in [1.54, 1.807) is 18.3 Å². The van der Waals surface area contributed by atoms with Gasteiger partial charge in [-0.05, 0) is 61.9 Å². The van der Waals surface area contributed by atoms with Gasteiger partial charge in [0.15, 0.2) is 11.1 Å². The van der Waals surface area contributed by atoms with Crippen molar-refractivity contribution in [1.82, 2.24) is 5.32 Å². The number of carbonyl (C=O) groups excluding carboxylic acids is 3. The van der Waals surface area contributed by atoms with Crippen molar-refractivity contribution >= 4 is 41.1 Å². The molecular formula is C41H39N3O13.